The van der Waals surface area contributed by atoms with Gasteiger partial charge in [0.2, 0.25) is 0 Å². The molecule has 1 heterocycles. The van der Waals surface area contributed by atoms with Crippen molar-refractivity contribution in [1.82, 2.24) is 0 Å². The molecule has 1 aromatic heterocycles. The van der Waals surface area contributed by atoms with Crippen LogP contribution in [0, 0.1) is 6.92 Å². The van der Waals surface area contributed by atoms with Crippen molar-refractivity contribution in [2.45, 2.75) is 20.8 Å². The number of allylic oxidation sites excluding steroid dienone is 1. The number of carbonyl (C=O) groups is 2. The van der Waals surface area contributed by atoms with E-state index in [0.717, 1.165) is 0 Å². The van der Waals surface area contributed by atoms with Gasteiger partial charge in [0.1, 0.15) is 11.5 Å². The van der Waals surface area contributed by atoms with E-state index in [4.69, 9.17) is 14.3 Å². The van der Waals surface area contributed by atoms with E-state index in [2.05, 4.69) is 0 Å². The van der Waals surface area contributed by atoms with Crippen molar-refractivity contribution in [1.29, 1.82) is 0 Å². The summed E-state index contributed by atoms with van der Waals surface area (Å²) in [5, 5.41) is 9.01. The Morgan fingerprint density at radius 3 is 2.47 bits per heavy atom. The van der Waals surface area contributed by atoms with Crippen LogP contribution < -0.4 is 0 Å². The van der Waals surface area contributed by atoms with Crippen molar-refractivity contribution in [3.05, 3.63) is 29.2 Å². The molecule has 5 nitrogen and oxygen atoms in total. The minimum Gasteiger partial charge on any atom is -0.477 e. The number of furan rings is 1. The van der Waals surface area contributed by atoms with Crippen LogP contribution >= 0.6 is 0 Å². The largest absolute Gasteiger partial charge is 0.477 e. The molecule has 0 amide bonds. The molecule has 0 spiro atoms. The third-order valence-electron chi connectivity index (χ3n) is 2.18. The standard InChI is InChI=1S/C12H14O5/c1-4-16-12(15)10(11(13)14)8(3)9-6-5-7(2)17-9/h5-6H,4H2,1-3H3,(H,13,14). The van der Waals surface area contributed by atoms with Crippen LogP contribution in [0.1, 0.15) is 25.4 Å². The zero-order valence-corrected chi connectivity index (χ0v) is 9.94. The predicted molar refractivity (Wildman–Crippen MR) is 60.3 cm³/mol. The number of aliphatic carboxylic acids is 1. The van der Waals surface area contributed by atoms with Crippen LogP contribution in [0.4, 0.5) is 0 Å². The number of carboxylic acids is 1. The first-order valence-corrected chi connectivity index (χ1v) is 5.15. The lowest BCUT2D eigenvalue weighted by Gasteiger charge is -2.05. The maximum absolute atomic E-state index is 11.5. The SMILES string of the molecule is CCOC(=O)C(C(=O)O)=C(C)c1ccc(C)o1. The van der Waals surface area contributed by atoms with Crippen LogP contribution in [0.2, 0.25) is 0 Å². The molecule has 0 aliphatic heterocycles. The third-order valence-corrected chi connectivity index (χ3v) is 2.18. The summed E-state index contributed by atoms with van der Waals surface area (Å²) in [6.07, 6.45) is 0. The summed E-state index contributed by atoms with van der Waals surface area (Å²) in [6.45, 7) is 4.99. The average molecular weight is 238 g/mol. The van der Waals surface area contributed by atoms with Crippen molar-refractivity contribution in [2.75, 3.05) is 6.61 Å². The molecule has 0 bridgehead atoms. The van der Waals surface area contributed by atoms with Gasteiger partial charge >= 0.3 is 11.9 Å². The van der Waals surface area contributed by atoms with E-state index in [0.29, 0.717) is 11.5 Å². The molecule has 0 aliphatic carbocycles. The number of rotatable bonds is 4. The lowest BCUT2D eigenvalue weighted by Crippen LogP contribution is -2.16. The Hall–Kier alpha value is -2.04. The molecule has 0 fully saturated rings. The Bertz CT molecular complexity index is 467. The summed E-state index contributed by atoms with van der Waals surface area (Å²) >= 11 is 0. The van der Waals surface area contributed by atoms with E-state index in [1.54, 1.807) is 26.0 Å². The molecule has 5 heteroatoms. The first kappa shape index (κ1) is 13.0. The summed E-state index contributed by atoms with van der Waals surface area (Å²) in [5.74, 6) is -1.18. The molecule has 0 radical (unpaired) electrons. The van der Waals surface area contributed by atoms with Crippen LogP contribution in [0.25, 0.3) is 5.57 Å². The quantitative estimate of drug-likeness (QED) is 0.376. The predicted octanol–water partition coefficient (Wildman–Crippen LogP) is 2.01. The fraction of sp³-hybridized carbons (Fsp3) is 0.333. The lowest BCUT2D eigenvalue weighted by molar-refractivity contribution is -0.143. The summed E-state index contributed by atoms with van der Waals surface area (Å²) in [6, 6.07) is 3.32. The Morgan fingerprint density at radius 2 is 2.06 bits per heavy atom. The molecule has 0 unspecified atom stereocenters. The molecule has 92 valence electrons. The second-order valence-electron chi connectivity index (χ2n) is 3.44. The van der Waals surface area contributed by atoms with Crippen LogP contribution in [-0.2, 0) is 14.3 Å². The second-order valence-corrected chi connectivity index (χ2v) is 3.44. The first-order chi connectivity index (χ1) is 7.97. The number of hydrogen-bond acceptors (Lipinski definition) is 4. The van der Waals surface area contributed by atoms with Gasteiger partial charge in [-0.15, -0.1) is 0 Å². The Balaban J connectivity index is 3.19. The molecular weight excluding hydrogens is 224 g/mol. The minimum absolute atomic E-state index is 0.125. The van der Waals surface area contributed by atoms with Gasteiger partial charge in [-0.25, -0.2) is 9.59 Å². The van der Waals surface area contributed by atoms with Crippen molar-refractivity contribution in [3.63, 3.8) is 0 Å². The van der Waals surface area contributed by atoms with Gasteiger partial charge in [0.15, 0.2) is 5.57 Å². The third kappa shape index (κ3) is 2.96. The van der Waals surface area contributed by atoms with Crippen molar-refractivity contribution in [3.8, 4) is 0 Å². The van der Waals surface area contributed by atoms with E-state index in [9.17, 15) is 9.59 Å². The summed E-state index contributed by atoms with van der Waals surface area (Å²) in [5.41, 5.74) is -0.148. The van der Waals surface area contributed by atoms with E-state index >= 15 is 0 Å². The maximum atomic E-state index is 11.5. The summed E-state index contributed by atoms with van der Waals surface area (Å²) < 4.78 is 9.97. The molecular formula is C12H14O5. The summed E-state index contributed by atoms with van der Waals surface area (Å²) in [7, 11) is 0. The van der Waals surface area contributed by atoms with Crippen LogP contribution in [0.15, 0.2) is 22.1 Å². The maximum Gasteiger partial charge on any atom is 0.345 e. The Labute approximate surface area is 98.7 Å². The Morgan fingerprint density at radius 1 is 1.41 bits per heavy atom. The van der Waals surface area contributed by atoms with Crippen molar-refractivity contribution in [2.24, 2.45) is 0 Å². The fourth-order valence-electron chi connectivity index (χ4n) is 1.36. The van der Waals surface area contributed by atoms with E-state index in [1.807, 2.05) is 0 Å². The number of aryl methyl sites for hydroxylation is 1. The van der Waals surface area contributed by atoms with Gasteiger partial charge in [0, 0.05) is 5.57 Å². The molecule has 1 rings (SSSR count). The van der Waals surface area contributed by atoms with Gasteiger partial charge in [-0.3, -0.25) is 0 Å². The number of hydrogen-bond donors (Lipinski definition) is 1. The molecule has 1 N–H and O–H groups in total. The van der Waals surface area contributed by atoms with Gasteiger partial charge in [-0.1, -0.05) is 0 Å². The highest BCUT2D eigenvalue weighted by Crippen LogP contribution is 2.21. The second kappa shape index (κ2) is 5.34. The zero-order chi connectivity index (χ0) is 13.0. The topological polar surface area (TPSA) is 76.7 Å². The molecule has 0 aliphatic rings. The molecule has 0 saturated heterocycles. The first-order valence-electron chi connectivity index (χ1n) is 5.15. The van der Waals surface area contributed by atoms with Crippen molar-refractivity contribution < 1.29 is 23.8 Å². The lowest BCUT2D eigenvalue weighted by atomic mass is 10.1. The molecule has 17 heavy (non-hydrogen) atoms. The van der Waals surface area contributed by atoms with E-state index in [-0.39, 0.29) is 12.2 Å². The highest BCUT2D eigenvalue weighted by molar-refractivity contribution is 6.18. The van der Waals surface area contributed by atoms with Gasteiger partial charge in [-0.05, 0) is 32.9 Å². The molecule has 0 atom stereocenters. The van der Waals surface area contributed by atoms with Crippen LogP contribution in [-0.4, -0.2) is 23.7 Å². The van der Waals surface area contributed by atoms with Gasteiger partial charge in [0.25, 0.3) is 0 Å². The number of carboxylic acid groups (broad SMARTS) is 1. The van der Waals surface area contributed by atoms with Gasteiger partial charge in [0.05, 0.1) is 6.61 Å². The van der Waals surface area contributed by atoms with E-state index < -0.39 is 17.5 Å². The number of esters is 1. The minimum atomic E-state index is -1.32. The highest BCUT2D eigenvalue weighted by atomic mass is 16.5. The summed E-state index contributed by atoms with van der Waals surface area (Å²) in [4.78, 5) is 22.5. The van der Waals surface area contributed by atoms with Crippen molar-refractivity contribution >= 4 is 17.5 Å². The van der Waals surface area contributed by atoms with E-state index in [1.165, 1.54) is 6.92 Å². The molecule has 1 aromatic rings. The van der Waals surface area contributed by atoms with Gasteiger partial charge in [-0.2, -0.15) is 0 Å². The normalized spacial score (nSPS) is 11.9. The van der Waals surface area contributed by atoms with Gasteiger partial charge < -0.3 is 14.3 Å². The molecule has 0 aromatic carbocycles. The smallest absolute Gasteiger partial charge is 0.345 e. The Kier molecular flexibility index (Phi) is 4.09. The van der Waals surface area contributed by atoms with Crippen LogP contribution in [0.3, 0.4) is 0 Å². The zero-order valence-electron chi connectivity index (χ0n) is 9.94. The number of ether oxygens (including phenoxy) is 1. The van der Waals surface area contributed by atoms with Crippen LogP contribution in [0.5, 0.6) is 0 Å². The number of carbonyl (C=O) groups excluding carboxylic acids is 1. The molecule has 0 saturated carbocycles. The monoisotopic (exact) mass is 238 g/mol. The highest BCUT2D eigenvalue weighted by Gasteiger charge is 2.23. The fourth-order valence-corrected chi connectivity index (χ4v) is 1.36. The average Bonchev–Trinajstić information content (AvgIpc) is 2.64.